The molecule has 0 spiro atoms. The first-order chi connectivity index (χ1) is 8.61. The molecule has 0 amide bonds. The summed E-state index contributed by atoms with van der Waals surface area (Å²) in [6.07, 6.45) is 0. The van der Waals surface area contributed by atoms with Crippen LogP contribution in [-0.4, -0.2) is 0 Å². The van der Waals surface area contributed by atoms with E-state index >= 15 is 0 Å². The van der Waals surface area contributed by atoms with E-state index in [-0.39, 0.29) is 11.9 Å². The van der Waals surface area contributed by atoms with Crippen LogP contribution in [0.5, 0.6) is 0 Å². The van der Waals surface area contributed by atoms with Crippen molar-refractivity contribution in [2.24, 2.45) is 5.84 Å². The maximum absolute atomic E-state index is 13.3. The number of benzene rings is 2. The SMILES string of the molecule is Cc1ccc(F)cc1C(NN)c1ccc(Br)cc1. The molecule has 0 aliphatic heterocycles. The van der Waals surface area contributed by atoms with Gasteiger partial charge in [-0.05, 0) is 47.9 Å². The first-order valence-corrected chi connectivity index (χ1v) is 6.39. The van der Waals surface area contributed by atoms with Crippen molar-refractivity contribution in [2.45, 2.75) is 13.0 Å². The van der Waals surface area contributed by atoms with Crippen LogP contribution in [0.3, 0.4) is 0 Å². The highest BCUT2D eigenvalue weighted by atomic mass is 79.9. The van der Waals surface area contributed by atoms with Gasteiger partial charge >= 0.3 is 0 Å². The van der Waals surface area contributed by atoms with Gasteiger partial charge in [-0.1, -0.05) is 34.1 Å². The van der Waals surface area contributed by atoms with Crippen LogP contribution in [0.4, 0.5) is 4.39 Å². The van der Waals surface area contributed by atoms with Crippen molar-refractivity contribution >= 4 is 15.9 Å². The summed E-state index contributed by atoms with van der Waals surface area (Å²) in [6, 6.07) is 12.3. The third kappa shape index (κ3) is 2.77. The number of hydrazine groups is 1. The number of rotatable bonds is 3. The zero-order valence-corrected chi connectivity index (χ0v) is 11.5. The summed E-state index contributed by atoms with van der Waals surface area (Å²) in [7, 11) is 0. The minimum atomic E-state index is -0.257. The molecule has 0 saturated carbocycles. The van der Waals surface area contributed by atoms with E-state index in [1.54, 1.807) is 6.07 Å². The summed E-state index contributed by atoms with van der Waals surface area (Å²) in [5.74, 6) is 5.35. The monoisotopic (exact) mass is 308 g/mol. The number of halogens is 2. The van der Waals surface area contributed by atoms with Gasteiger partial charge in [0.2, 0.25) is 0 Å². The highest BCUT2D eigenvalue weighted by Gasteiger charge is 2.15. The fourth-order valence-electron chi connectivity index (χ4n) is 1.94. The zero-order valence-electron chi connectivity index (χ0n) is 9.95. The molecule has 0 aromatic heterocycles. The summed E-state index contributed by atoms with van der Waals surface area (Å²) in [5, 5.41) is 0. The van der Waals surface area contributed by atoms with E-state index in [0.717, 1.165) is 21.2 Å². The smallest absolute Gasteiger partial charge is 0.123 e. The van der Waals surface area contributed by atoms with E-state index in [1.165, 1.54) is 12.1 Å². The van der Waals surface area contributed by atoms with Gasteiger partial charge in [0.05, 0.1) is 6.04 Å². The van der Waals surface area contributed by atoms with E-state index in [2.05, 4.69) is 21.4 Å². The van der Waals surface area contributed by atoms with E-state index in [4.69, 9.17) is 5.84 Å². The van der Waals surface area contributed by atoms with Crippen molar-refractivity contribution in [2.75, 3.05) is 0 Å². The number of aryl methyl sites for hydroxylation is 1. The average molecular weight is 309 g/mol. The van der Waals surface area contributed by atoms with Gasteiger partial charge in [-0.25, -0.2) is 9.82 Å². The lowest BCUT2D eigenvalue weighted by Crippen LogP contribution is -2.29. The Morgan fingerprint density at radius 1 is 1.17 bits per heavy atom. The van der Waals surface area contributed by atoms with Gasteiger partial charge in [-0.3, -0.25) is 5.84 Å². The first kappa shape index (κ1) is 13.2. The molecule has 0 radical (unpaired) electrons. The van der Waals surface area contributed by atoms with Gasteiger partial charge in [0.25, 0.3) is 0 Å². The standard InChI is InChI=1S/C14H14BrFN2/c1-9-2-7-12(16)8-13(9)14(18-17)10-3-5-11(15)6-4-10/h2-8,14,18H,17H2,1H3. The maximum Gasteiger partial charge on any atom is 0.123 e. The Morgan fingerprint density at radius 2 is 1.83 bits per heavy atom. The number of hydrogen-bond acceptors (Lipinski definition) is 2. The molecule has 0 bridgehead atoms. The van der Waals surface area contributed by atoms with Crippen LogP contribution >= 0.6 is 15.9 Å². The van der Waals surface area contributed by atoms with Gasteiger partial charge in [0.1, 0.15) is 5.82 Å². The largest absolute Gasteiger partial charge is 0.271 e. The van der Waals surface area contributed by atoms with Crippen molar-refractivity contribution < 1.29 is 4.39 Å². The molecule has 1 atom stereocenters. The van der Waals surface area contributed by atoms with Crippen LogP contribution in [0, 0.1) is 12.7 Å². The van der Waals surface area contributed by atoms with Gasteiger partial charge in [-0.2, -0.15) is 0 Å². The quantitative estimate of drug-likeness (QED) is 0.673. The number of nitrogens with two attached hydrogens (primary N) is 1. The van der Waals surface area contributed by atoms with Crippen LogP contribution in [0.15, 0.2) is 46.9 Å². The Bertz CT molecular complexity index is 540. The van der Waals surface area contributed by atoms with Crippen LogP contribution in [0.2, 0.25) is 0 Å². The fraction of sp³-hybridized carbons (Fsp3) is 0.143. The van der Waals surface area contributed by atoms with E-state index in [0.29, 0.717) is 0 Å². The first-order valence-electron chi connectivity index (χ1n) is 5.59. The second-order valence-corrected chi connectivity index (χ2v) is 5.07. The van der Waals surface area contributed by atoms with Gasteiger partial charge < -0.3 is 0 Å². The molecule has 2 nitrogen and oxygen atoms in total. The molecule has 0 fully saturated rings. The fourth-order valence-corrected chi connectivity index (χ4v) is 2.21. The van der Waals surface area contributed by atoms with Crippen LogP contribution < -0.4 is 11.3 Å². The Kier molecular flexibility index (Phi) is 4.11. The Morgan fingerprint density at radius 3 is 2.44 bits per heavy atom. The summed E-state index contributed by atoms with van der Waals surface area (Å²) < 4.78 is 14.3. The highest BCUT2D eigenvalue weighted by Crippen LogP contribution is 2.26. The normalized spacial score (nSPS) is 12.4. The van der Waals surface area contributed by atoms with E-state index < -0.39 is 0 Å². The molecule has 2 aromatic carbocycles. The molecular weight excluding hydrogens is 295 g/mol. The third-order valence-corrected chi connectivity index (χ3v) is 3.45. The Labute approximate surface area is 114 Å². The van der Waals surface area contributed by atoms with Crippen LogP contribution in [-0.2, 0) is 0 Å². The minimum absolute atomic E-state index is 0.214. The molecule has 0 saturated heterocycles. The lowest BCUT2D eigenvalue weighted by Gasteiger charge is -2.19. The summed E-state index contributed by atoms with van der Waals surface area (Å²) >= 11 is 3.39. The molecule has 0 aliphatic carbocycles. The Hall–Kier alpha value is -1.23. The maximum atomic E-state index is 13.3. The van der Waals surface area contributed by atoms with E-state index in [9.17, 15) is 4.39 Å². The van der Waals surface area contributed by atoms with Crippen molar-refractivity contribution in [3.8, 4) is 0 Å². The van der Waals surface area contributed by atoms with Crippen molar-refractivity contribution in [3.05, 3.63) is 69.4 Å². The topological polar surface area (TPSA) is 38.0 Å². The molecule has 0 heterocycles. The molecule has 4 heteroatoms. The lowest BCUT2D eigenvalue weighted by molar-refractivity contribution is 0.602. The lowest BCUT2D eigenvalue weighted by atomic mass is 9.95. The van der Waals surface area contributed by atoms with Gasteiger partial charge in [-0.15, -0.1) is 0 Å². The molecule has 0 aliphatic rings. The highest BCUT2D eigenvalue weighted by molar-refractivity contribution is 9.10. The predicted octanol–water partition coefficient (Wildman–Crippen LogP) is 3.45. The minimum Gasteiger partial charge on any atom is -0.271 e. The molecular formula is C14H14BrFN2. The second kappa shape index (κ2) is 5.61. The average Bonchev–Trinajstić information content (AvgIpc) is 2.37. The second-order valence-electron chi connectivity index (χ2n) is 4.15. The van der Waals surface area contributed by atoms with Crippen LogP contribution in [0.25, 0.3) is 0 Å². The predicted molar refractivity (Wildman–Crippen MR) is 74.4 cm³/mol. The van der Waals surface area contributed by atoms with Crippen molar-refractivity contribution in [3.63, 3.8) is 0 Å². The zero-order chi connectivity index (χ0) is 13.1. The van der Waals surface area contributed by atoms with Gasteiger partial charge in [0.15, 0.2) is 0 Å². The summed E-state index contributed by atoms with van der Waals surface area (Å²) in [6.45, 7) is 1.94. The Balaban J connectivity index is 2.44. The molecule has 1 unspecified atom stereocenters. The number of nitrogens with one attached hydrogen (secondary N) is 1. The van der Waals surface area contributed by atoms with E-state index in [1.807, 2.05) is 31.2 Å². The molecule has 2 rings (SSSR count). The summed E-state index contributed by atoms with van der Waals surface area (Å²) in [4.78, 5) is 0. The van der Waals surface area contributed by atoms with Gasteiger partial charge in [0, 0.05) is 4.47 Å². The molecule has 2 aromatic rings. The van der Waals surface area contributed by atoms with Crippen LogP contribution in [0.1, 0.15) is 22.7 Å². The number of hydrogen-bond donors (Lipinski definition) is 2. The molecule has 94 valence electrons. The molecule has 3 N–H and O–H groups in total. The molecule has 18 heavy (non-hydrogen) atoms. The van der Waals surface area contributed by atoms with Crippen molar-refractivity contribution in [1.82, 2.24) is 5.43 Å². The van der Waals surface area contributed by atoms with Crippen molar-refractivity contribution in [1.29, 1.82) is 0 Å². The summed E-state index contributed by atoms with van der Waals surface area (Å²) in [5.41, 5.74) is 5.58. The third-order valence-electron chi connectivity index (χ3n) is 2.92.